The number of benzene rings is 1. The van der Waals surface area contributed by atoms with Gasteiger partial charge in [-0.25, -0.2) is 9.78 Å². The Morgan fingerprint density at radius 2 is 1.71 bits per heavy atom. The van der Waals surface area contributed by atoms with Gasteiger partial charge in [-0.1, -0.05) is 49.2 Å². The Morgan fingerprint density at radius 3 is 2.31 bits per heavy atom. The summed E-state index contributed by atoms with van der Waals surface area (Å²) in [6.45, 7) is 6.22. The normalized spacial score (nSPS) is 12.4. The van der Waals surface area contributed by atoms with Crippen LogP contribution in [0.3, 0.4) is 0 Å². The average Bonchev–Trinajstić information content (AvgIpc) is 3.38. The minimum atomic E-state index is -0.942. The van der Waals surface area contributed by atoms with Crippen molar-refractivity contribution in [2.75, 3.05) is 0 Å². The summed E-state index contributed by atoms with van der Waals surface area (Å²) in [5.74, 6) is -0.424. The maximum absolute atomic E-state index is 13.1. The summed E-state index contributed by atoms with van der Waals surface area (Å²) in [7, 11) is 0. The van der Waals surface area contributed by atoms with E-state index in [1.807, 2.05) is 13.8 Å². The number of primary amides is 1. The van der Waals surface area contributed by atoms with Crippen LogP contribution < -0.4 is 17.0 Å². The van der Waals surface area contributed by atoms with Crippen LogP contribution in [0.15, 0.2) is 33.9 Å². The number of nitrogens with two attached hydrogens (primary N) is 1. The lowest BCUT2D eigenvalue weighted by molar-refractivity contribution is -0.120. The van der Waals surface area contributed by atoms with Crippen LogP contribution in [0.1, 0.15) is 44.0 Å². The highest BCUT2D eigenvalue weighted by molar-refractivity contribution is 6.33. The third-order valence-corrected chi connectivity index (χ3v) is 6.46. The lowest BCUT2D eigenvalue weighted by Crippen LogP contribution is -2.40. The molecule has 0 saturated heterocycles. The molecule has 0 radical (unpaired) electrons. The molecule has 10 nitrogen and oxygen atoms in total. The number of nitrogens with zero attached hydrogens (tertiary/aromatic N) is 5. The lowest BCUT2D eigenvalue weighted by Gasteiger charge is -2.16. The predicted octanol–water partition coefficient (Wildman–Crippen LogP) is 3.26. The highest BCUT2D eigenvalue weighted by Gasteiger charge is 2.28. The zero-order chi connectivity index (χ0) is 25.4. The molecule has 12 heteroatoms. The number of carbonyl (C=O) groups excluding carboxylic acids is 1. The van der Waals surface area contributed by atoms with Gasteiger partial charge in [0.05, 0.1) is 10.7 Å². The monoisotopic (exact) mass is 517 g/mol. The number of hydrogen-bond donors (Lipinski definition) is 2. The first kappa shape index (κ1) is 24.7. The fraction of sp³-hybridized carbons (Fsp3) is 0.348. The number of hydrogen-bond acceptors (Lipinski definition) is 5. The average molecular weight is 518 g/mol. The maximum Gasteiger partial charge on any atom is 0.332 e. The number of rotatable bonds is 8. The van der Waals surface area contributed by atoms with Crippen molar-refractivity contribution in [1.82, 2.24) is 28.9 Å². The van der Waals surface area contributed by atoms with Gasteiger partial charge in [0.1, 0.15) is 11.2 Å². The van der Waals surface area contributed by atoms with Crippen LogP contribution >= 0.6 is 23.2 Å². The van der Waals surface area contributed by atoms with Crippen molar-refractivity contribution < 1.29 is 4.79 Å². The third-order valence-electron chi connectivity index (χ3n) is 5.76. The maximum atomic E-state index is 13.1. The van der Waals surface area contributed by atoms with Gasteiger partial charge in [0, 0.05) is 18.1 Å². The Balaban J connectivity index is 1.92. The number of imidazole rings is 1. The molecule has 184 valence electrons. The van der Waals surface area contributed by atoms with Gasteiger partial charge < -0.3 is 10.7 Å². The molecule has 35 heavy (non-hydrogen) atoms. The van der Waals surface area contributed by atoms with Crippen LogP contribution in [0.4, 0.5) is 0 Å². The third kappa shape index (κ3) is 4.28. The van der Waals surface area contributed by atoms with Crippen molar-refractivity contribution in [3.63, 3.8) is 0 Å². The van der Waals surface area contributed by atoms with E-state index in [0.717, 1.165) is 0 Å². The second-order valence-corrected chi connectivity index (χ2v) is 9.04. The Bertz CT molecular complexity index is 1530. The first-order valence-electron chi connectivity index (χ1n) is 11.2. The summed E-state index contributed by atoms with van der Waals surface area (Å²) in [5, 5.41) is 5.30. The number of aromatic nitrogens is 6. The molecule has 3 aromatic heterocycles. The summed E-state index contributed by atoms with van der Waals surface area (Å²) >= 11 is 12.6. The quantitative estimate of drug-likeness (QED) is 0.369. The molecular formula is C23H25Cl2N7O3. The standard InChI is InChI=1S/C23H25Cl2N7O3/c1-4-10-30-21-17(22(34)31(11-5-2)23(30)35)27-20(28-21)16-15(25)12(3)32(29-16)18(19(26)33)13-6-8-14(24)9-7-13/h6-9,18H,4-5,10-11H2,1-3H3,(H2,26,33)(H,27,28). The van der Waals surface area contributed by atoms with Crippen molar-refractivity contribution >= 4 is 40.3 Å². The molecule has 0 aliphatic carbocycles. The van der Waals surface area contributed by atoms with Gasteiger partial charge in [-0.15, -0.1) is 0 Å². The van der Waals surface area contributed by atoms with Gasteiger partial charge >= 0.3 is 5.69 Å². The zero-order valence-electron chi connectivity index (χ0n) is 19.5. The second-order valence-electron chi connectivity index (χ2n) is 8.22. The van der Waals surface area contributed by atoms with Gasteiger partial charge in [-0.2, -0.15) is 5.10 Å². The number of amides is 1. The minimum Gasteiger partial charge on any atom is -0.368 e. The lowest BCUT2D eigenvalue weighted by atomic mass is 10.1. The molecule has 0 fully saturated rings. The smallest absolute Gasteiger partial charge is 0.332 e. The van der Waals surface area contributed by atoms with Crippen LogP contribution in [-0.2, 0) is 17.9 Å². The molecular weight excluding hydrogens is 493 g/mol. The van der Waals surface area contributed by atoms with Gasteiger partial charge in [-0.3, -0.25) is 23.4 Å². The van der Waals surface area contributed by atoms with Crippen LogP contribution in [0.5, 0.6) is 0 Å². The van der Waals surface area contributed by atoms with Gasteiger partial charge in [0.25, 0.3) is 5.56 Å². The van der Waals surface area contributed by atoms with Crippen molar-refractivity contribution in [1.29, 1.82) is 0 Å². The zero-order valence-corrected chi connectivity index (χ0v) is 21.0. The molecule has 0 saturated carbocycles. The Kier molecular flexibility index (Phi) is 6.86. The highest BCUT2D eigenvalue weighted by atomic mass is 35.5. The molecule has 1 amide bonds. The van der Waals surface area contributed by atoms with Crippen molar-refractivity contribution in [2.45, 2.75) is 52.7 Å². The summed E-state index contributed by atoms with van der Waals surface area (Å²) < 4.78 is 4.10. The van der Waals surface area contributed by atoms with Crippen molar-refractivity contribution in [3.05, 3.63) is 66.4 Å². The predicted molar refractivity (Wildman–Crippen MR) is 135 cm³/mol. The molecule has 1 aromatic carbocycles. The number of halogens is 2. The fourth-order valence-corrected chi connectivity index (χ4v) is 4.44. The molecule has 1 unspecified atom stereocenters. The van der Waals surface area contributed by atoms with E-state index in [1.54, 1.807) is 31.2 Å². The second kappa shape index (κ2) is 9.71. The largest absolute Gasteiger partial charge is 0.368 e. The number of aromatic amines is 1. The summed E-state index contributed by atoms with van der Waals surface area (Å²) in [4.78, 5) is 46.0. The molecule has 0 bridgehead atoms. The molecule has 0 spiro atoms. The molecule has 4 aromatic rings. The molecule has 4 rings (SSSR count). The van der Waals surface area contributed by atoms with E-state index in [9.17, 15) is 14.4 Å². The Morgan fingerprint density at radius 1 is 1.09 bits per heavy atom. The fourth-order valence-electron chi connectivity index (χ4n) is 4.10. The summed E-state index contributed by atoms with van der Waals surface area (Å²) in [5.41, 5.74) is 6.57. The van der Waals surface area contributed by atoms with E-state index in [-0.39, 0.29) is 27.7 Å². The van der Waals surface area contributed by atoms with E-state index in [2.05, 4.69) is 15.1 Å². The number of H-pyrrole nitrogens is 1. The van der Waals surface area contributed by atoms with E-state index < -0.39 is 23.2 Å². The number of carbonyl (C=O) groups is 1. The number of aryl methyl sites for hydroxylation is 1. The molecule has 1 atom stereocenters. The SMILES string of the molecule is CCCn1c(=O)c2[nH]c(-c3nn(C(C(N)=O)c4ccc(Cl)cc4)c(C)c3Cl)nc2n(CCC)c1=O. The van der Waals surface area contributed by atoms with Crippen LogP contribution in [-0.4, -0.2) is 34.8 Å². The van der Waals surface area contributed by atoms with E-state index in [1.165, 1.54) is 13.8 Å². The van der Waals surface area contributed by atoms with Gasteiger partial charge in [-0.05, 0) is 37.5 Å². The first-order chi connectivity index (χ1) is 16.7. The van der Waals surface area contributed by atoms with Crippen LogP contribution in [0.2, 0.25) is 10.0 Å². The molecule has 3 N–H and O–H groups in total. The summed E-state index contributed by atoms with van der Waals surface area (Å²) in [6, 6.07) is 5.74. The van der Waals surface area contributed by atoms with Gasteiger partial charge in [0.15, 0.2) is 17.5 Å². The minimum absolute atomic E-state index is 0.189. The highest BCUT2D eigenvalue weighted by Crippen LogP contribution is 2.32. The molecule has 3 heterocycles. The van der Waals surface area contributed by atoms with Crippen LogP contribution in [0, 0.1) is 6.92 Å². The molecule has 0 aliphatic heterocycles. The van der Waals surface area contributed by atoms with Crippen molar-refractivity contribution in [2.24, 2.45) is 5.73 Å². The van der Waals surface area contributed by atoms with Crippen molar-refractivity contribution in [3.8, 4) is 11.5 Å². The topological polar surface area (TPSA) is 134 Å². The van der Waals surface area contributed by atoms with Gasteiger partial charge in [0.2, 0.25) is 5.91 Å². The summed E-state index contributed by atoms with van der Waals surface area (Å²) in [6.07, 6.45) is 1.31. The number of fused-ring (bicyclic) bond motifs is 1. The molecule has 0 aliphatic rings. The van der Waals surface area contributed by atoms with E-state index in [0.29, 0.717) is 42.2 Å². The Hall–Kier alpha value is -3.37. The van der Waals surface area contributed by atoms with E-state index >= 15 is 0 Å². The van der Waals surface area contributed by atoms with Crippen LogP contribution in [0.25, 0.3) is 22.7 Å². The first-order valence-corrected chi connectivity index (χ1v) is 12.0. The number of nitrogens with one attached hydrogen (secondary N) is 1. The Labute approximate surface area is 210 Å². The van der Waals surface area contributed by atoms with E-state index in [4.69, 9.17) is 28.9 Å².